The number of anilines is 2. The smallest absolute Gasteiger partial charge is 0.312 e. The van der Waals surface area contributed by atoms with Crippen molar-refractivity contribution in [2.75, 3.05) is 23.7 Å². The maximum absolute atomic E-state index is 11.6. The molecular formula is C14H22N4O3. The molecule has 21 heavy (non-hydrogen) atoms. The van der Waals surface area contributed by atoms with Gasteiger partial charge in [-0.3, -0.25) is 4.79 Å². The van der Waals surface area contributed by atoms with E-state index in [1.54, 1.807) is 11.1 Å². The van der Waals surface area contributed by atoms with Crippen LogP contribution in [0.25, 0.3) is 0 Å². The number of piperidine rings is 1. The second kappa shape index (κ2) is 5.85. The number of nitrogen functional groups attached to an aromatic ring is 1. The minimum Gasteiger partial charge on any atom is -0.481 e. The molecule has 1 aromatic heterocycles. The van der Waals surface area contributed by atoms with Crippen molar-refractivity contribution >= 4 is 17.7 Å². The number of carboxylic acid groups (broad SMARTS) is 1. The molecule has 1 aliphatic heterocycles. The standard InChI is InChI=1S/C14H22N4O3/c1-3-4-14(12(20)21)5-6-18(8-10(14)19)13-16-7-9(2)11(15)17-13/h7,10,19H,3-6,8H2,1-2H3,(H,20,21)(H2,15,16,17)/t10-,14-/m0/s1. The van der Waals surface area contributed by atoms with Crippen LogP contribution in [0.4, 0.5) is 11.8 Å². The van der Waals surface area contributed by atoms with Crippen molar-refractivity contribution in [2.24, 2.45) is 5.41 Å². The number of aryl methyl sites for hydroxylation is 1. The quantitative estimate of drug-likeness (QED) is 0.753. The largest absolute Gasteiger partial charge is 0.481 e. The predicted molar refractivity (Wildman–Crippen MR) is 79.0 cm³/mol. The summed E-state index contributed by atoms with van der Waals surface area (Å²) in [7, 11) is 0. The molecule has 4 N–H and O–H groups in total. The number of hydrogen-bond donors (Lipinski definition) is 3. The summed E-state index contributed by atoms with van der Waals surface area (Å²) in [6, 6.07) is 0. The van der Waals surface area contributed by atoms with Gasteiger partial charge in [-0.05, 0) is 19.8 Å². The fourth-order valence-electron chi connectivity index (χ4n) is 2.85. The summed E-state index contributed by atoms with van der Waals surface area (Å²) in [6.45, 7) is 4.44. The number of aliphatic hydroxyl groups excluding tert-OH is 1. The van der Waals surface area contributed by atoms with Crippen molar-refractivity contribution in [3.05, 3.63) is 11.8 Å². The Balaban J connectivity index is 2.19. The normalized spacial score (nSPS) is 25.9. The zero-order valence-corrected chi connectivity index (χ0v) is 12.4. The molecule has 7 nitrogen and oxygen atoms in total. The molecule has 1 aliphatic rings. The second-order valence-corrected chi connectivity index (χ2v) is 5.66. The average molecular weight is 294 g/mol. The first-order valence-corrected chi connectivity index (χ1v) is 7.16. The highest BCUT2D eigenvalue weighted by atomic mass is 16.4. The monoisotopic (exact) mass is 294 g/mol. The molecule has 0 saturated carbocycles. The number of rotatable bonds is 4. The third-order valence-electron chi connectivity index (χ3n) is 4.26. The lowest BCUT2D eigenvalue weighted by atomic mass is 9.73. The van der Waals surface area contributed by atoms with Crippen molar-refractivity contribution in [2.45, 2.75) is 39.2 Å². The molecule has 1 aromatic rings. The first-order valence-electron chi connectivity index (χ1n) is 7.16. The van der Waals surface area contributed by atoms with Gasteiger partial charge in [0.05, 0.1) is 11.5 Å². The zero-order chi connectivity index (χ0) is 15.6. The number of aromatic nitrogens is 2. The number of nitrogens with two attached hydrogens (primary N) is 1. The molecule has 2 atom stereocenters. The molecule has 1 fully saturated rings. The number of carboxylic acids is 1. The number of aliphatic hydroxyl groups is 1. The third kappa shape index (κ3) is 2.78. The average Bonchev–Trinajstić information content (AvgIpc) is 2.44. The van der Waals surface area contributed by atoms with E-state index in [0.717, 1.165) is 12.0 Å². The maximum Gasteiger partial charge on any atom is 0.312 e. The number of aliphatic carboxylic acids is 1. The summed E-state index contributed by atoms with van der Waals surface area (Å²) in [6.07, 6.45) is 2.24. The molecule has 2 rings (SSSR count). The van der Waals surface area contributed by atoms with Gasteiger partial charge in [0, 0.05) is 24.8 Å². The van der Waals surface area contributed by atoms with Gasteiger partial charge in [-0.2, -0.15) is 4.98 Å². The van der Waals surface area contributed by atoms with Crippen LogP contribution in [-0.2, 0) is 4.79 Å². The lowest BCUT2D eigenvalue weighted by molar-refractivity contribution is -0.159. The topological polar surface area (TPSA) is 113 Å². The molecule has 0 unspecified atom stereocenters. The van der Waals surface area contributed by atoms with Crippen LogP contribution in [0.2, 0.25) is 0 Å². The summed E-state index contributed by atoms with van der Waals surface area (Å²) in [5, 5.41) is 19.9. The van der Waals surface area contributed by atoms with Crippen LogP contribution < -0.4 is 10.6 Å². The molecule has 0 amide bonds. The minimum atomic E-state index is -1.07. The highest BCUT2D eigenvalue weighted by Crippen LogP contribution is 2.37. The molecule has 0 spiro atoms. The van der Waals surface area contributed by atoms with Gasteiger partial charge in [-0.15, -0.1) is 0 Å². The van der Waals surface area contributed by atoms with Crippen LogP contribution in [0.5, 0.6) is 0 Å². The SMILES string of the molecule is CCC[C@]1(C(=O)O)CCN(c2ncc(C)c(N)n2)C[C@@H]1O. The van der Waals surface area contributed by atoms with Crippen molar-refractivity contribution in [3.8, 4) is 0 Å². The first-order chi connectivity index (χ1) is 9.90. The van der Waals surface area contributed by atoms with Gasteiger partial charge < -0.3 is 20.8 Å². The Morgan fingerprint density at radius 3 is 2.86 bits per heavy atom. The van der Waals surface area contributed by atoms with E-state index in [9.17, 15) is 15.0 Å². The Kier molecular flexibility index (Phi) is 4.32. The Hall–Kier alpha value is -1.89. The lowest BCUT2D eigenvalue weighted by Crippen LogP contribution is -2.55. The van der Waals surface area contributed by atoms with Gasteiger partial charge in [0.15, 0.2) is 0 Å². The fraction of sp³-hybridized carbons (Fsp3) is 0.643. The summed E-state index contributed by atoms with van der Waals surface area (Å²) in [4.78, 5) is 21.8. The van der Waals surface area contributed by atoms with Gasteiger partial charge in [0.2, 0.25) is 5.95 Å². The van der Waals surface area contributed by atoms with E-state index in [4.69, 9.17) is 5.73 Å². The zero-order valence-electron chi connectivity index (χ0n) is 12.4. The molecular weight excluding hydrogens is 272 g/mol. The summed E-state index contributed by atoms with van der Waals surface area (Å²) in [5.74, 6) is -0.0911. The lowest BCUT2D eigenvalue weighted by Gasteiger charge is -2.42. The molecule has 7 heteroatoms. The second-order valence-electron chi connectivity index (χ2n) is 5.66. The van der Waals surface area contributed by atoms with E-state index in [1.165, 1.54) is 0 Å². The Morgan fingerprint density at radius 2 is 2.33 bits per heavy atom. The predicted octanol–water partition coefficient (Wildman–Crippen LogP) is 0.809. The van der Waals surface area contributed by atoms with Gasteiger partial charge >= 0.3 is 5.97 Å². The third-order valence-corrected chi connectivity index (χ3v) is 4.26. The van der Waals surface area contributed by atoms with Crippen LogP contribution in [0.1, 0.15) is 31.7 Å². The van der Waals surface area contributed by atoms with Crippen LogP contribution >= 0.6 is 0 Å². The van der Waals surface area contributed by atoms with E-state index >= 15 is 0 Å². The van der Waals surface area contributed by atoms with Crippen molar-refractivity contribution in [1.29, 1.82) is 0 Å². The van der Waals surface area contributed by atoms with E-state index < -0.39 is 17.5 Å². The Morgan fingerprint density at radius 1 is 1.62 bits per heavy atom. The molecule has 0 aromatic carbocycles. The highest BCUT2D eigenvalue weighted by molar-refractivity contribution is 5.76. The van der Waals surface area contributed by atoms with Crippen molar-refractivity contribution in [1.82, 2.24) is 9.97 Å². The van der Waals surface area contributed by atoms with Crippen LogP contribution in [-0.4, -0.2) is 45.3 Å². The van der Waals surface area contributed by atoms with Crippen molar-refractivity contribution in [3.63, 3.8) is 0 Å². The molecule has 0 bridgehead atoms. The minimum absolute atomic E-state index is 0.203. The summed E-state index contributed by atoms with van der Waals surface area (Å²) >= 11 is 0. The van der Waals surface area contributed by atoms with E-state index in [0.29, 0.717) is 31.2 Å². The Labute approximate surface area is 123 Å². The van der Waals surface area contributed by atoms with Gasteiger partial charge in [-0.25, -0.2) is 4.98 Å². The number of β-amino-alcohol motifs (C(OH)–C–C–N with tert-alkyl or cyclic N) is 1. The number of nitrogens with zero attached hydrogens (tertiary/aromatic N) is 3. The number of hydrogen-bond acceptors (Lipinski definition) is 6. The Bertz CT molecular complexity index is 537. The number of carbonyl (C=O) groups is 1. The van der Waals surface area contributed by atoms with Crippen molar-refractivity contribution < 1.29 is 15.0 Å². The summed E-state index contributed by atoms with van der Waals surface area (Å²) in [5.41, 5.74) is 5.50. The highest BCUT2D eigenvalue weighted by Gasteiger charge is 2.48. The van der Waals surface area contributed by atoms with E-state index in [-0.39, 0.29) is 6.54 Å². The van der Waals surface area contributed by atoms with Crippen LogP contribution in [0.3, 0.4) is 0 Å². The first kappa shape index (κ1) is 15.5. The maximum atomic E-state index is 11.6. The van der Waals surface area contributed by atoms with E-state index in [1.807, 2.05) is 13.8 Å². The van der Waals surface area contributed by atoms with Crippen LogP contribution in [0.15, 0.2) is 6.20 Å². The van der Waals surface area contributed by atoms with E-state index in [2.05, 4.69) is 9.97 Å². The molecule has 1 saturated heterocycles. The summed E-state index contributed by atoms with van der Waals surface area (Å²) < 4.78 is 0. The van der Waals surface area contributed by atoms with Gasteiger partial charge in [0.1, 0.15) is 5.82 Å². The molecule has 2 heterocycles. The van der Waals surface area contributed by atoms with Crippen LogP contribution in [0, 0.1) is 12.3 Å². The van der Waals surface area contributed by atoms with Gasteiger partial charge in [-0.1, -0.05) is 13.3 Å². The molecule has 116 valence electrons. The molecule has 0 aliphatic carbocycles. The molecule has 0 radical (unpaired) electrons. The van der Waals surface area contributed by atoms with Gasteiger partial charge in [0.25, 0.3) is 0 Å². The fourth-order valence-corrected chi connectivity index (χ4v) is 2.85.